The minimum absolute atomic E-state index is 0. The Hall–Kier alpha value is -2.56. The van der Waals surface area contributed by atoms with Gasteiger partial charge in [-0.15, -0.1) is 12.4 Å². The van der Waals surface area contributed by atoms with Gasteiger partial charge in [0, 0.05) is 13.0 Å². The first-order valence-corrected chi connectivity index (χ1v) is 9.54. The number of rotatable bonds is 10. The zero-order chi connectivity index (χ0) is 19.6. The van der Waals surface area contributed by atoms with E-state index in [1.165, 1.54) is 11.6 Å². The normalized spacial score (nSPS) is 10.3. The molecule has 0 spiro atoms. The molecule has 3 aromatic carbocycles. The van der Waals surface area contributed by atoms with Gasteiger partial charge in [0.05, 0.1) is 13.7 Å². The van der Waals surface area contributed by atoms with Gasteiger partial charge in [-0.25, -0.2) is 4.39 Å². The van der Waals surface area contributed by atoms with Crippen LogP contribution < -0.4 is 14.8 Å². The van der Waals surface area contributed by atoms with E-state index in [0.29, 0.717) is 26.1 Å². The lowest BCUT2D eigenvalue weighted by Gasteiger charge is -2.13. The summed E-state index contributed by atoms with van der Waals surface area (Å²) < 4.78 is 25.0. The molecule has 0 amide bonds. The van der Waals surface area contributed by atoms with Crippen molar-refractivity contribution >= 4 is 12.4 Å². The van der Waals surface area contributed by atoms with Crippen LogP contribution in [0.1, 0.15) is 16.7 Å². The fourth-order valence-corrected chi connectivity index (χ4v) is 3.02. The van der Waals surface area contributed by atoms with Crippen molar-refractivity contribution in [3.8, 4) is 11.5 Å². The smallest absolute Gasteiger partial charge is 0.161 e. The molecule has 0 aliphatic rings. The molecule has 0 fully saturated rings. The first-order valence-electron chi connectivity index (χ1n) is 9.54. The van der Waals surface area contributed by atoms with E-state index in [9.17, 15) is 4.39 Å². The lowest BCUT2D eigenvalue weighted by molar-refractivity contribution is 0.297. The van der Waals surface area contributed by atoms with Gasteiger partial charge in [0.25, 0.3) is 0 Å². The van der Waals surface area contributed by atoms with Crippen molar-refractivity contribution in [1.82, 2.24) is 5.32 Å². The van der Waals surface area contributed by atoms with Gasteiger partial charge in [0.2, 0.25) is 0 Å². The Bertz CT molecular complexity index is 874. The van der Waals surface area contributed by atoms with Crippen molar-refractivity contribution in [2.75, 3.05) is 20.3 Å². The molecule has 0 saturated heterocycles. The fraction of sp³-hybridized carbons (Fsp3) is 0.250. The summed E-state index contributed by atoms with van der Waals surface area (Å²) in [5.74, 6) is 1.32. The van der Waals surface area contributed by atoms with Crippen LogP contribution in [0.2, 0.25) is 0 Å². The third-order valence-electron chi connectivity index (χ3n) is 4.58. The molecule has 3 rings (SSSR count). The molecular weight excluding hydrogens is 389 g/mol. The molecule has 0 aromatic heterocycles. The number of halogens is 2. The molecule has 3 aromatic rings. The monoisotopic (exact) mass is 415 g/mol. The Kier molecular flexibility index (Phi) is 9.48. The summed E-state index contributed by atoms with van der Waals surface area (Å²) in [7, 11) is 1.65. The SMILES string of the molecule is COc1cc(CNCCc2ccccc2F)ccc1OCCc1ccccc1.Cl. The molecule has 0 heterocycles. The van der Waals surface area contributed by atoms with Crippen LogP contribution in [0.25, 0.3) is 0 Å². The van der Waals surface area contributed by atoms with E-state index in [1.807, 2.05) is 48.5 Å². The maximum absolute atomic E-state index is 13.6. The van der Waals surface area contributed by atoms with Crippen molar-refractivity contribution in [3.05, 3.63) is 95.3 Å². The summed E-state index contributed by atoms with van der Waals surface area (Å²) in [6.07, 6.45) is 1.51. The predicted molar refractivity (Wildman–Crippen MR) is 118 cm³/mol. The van der Waals surface area contributed by atoms with Gasteiger partial charge >= 0.3 is 0 Å². The minimum Gasteiger partial charge on any atom is -0.493 e. The summed E-state index contributed by atoms with van der Waals surface area (Å²) >= 11 is 0. The fourth-order valence-electron chi connectivity index (χ4n) is 3.02. The Labute approximate surface area is 178 Å². The quantitative estimate of drug-likeness (QED) is 0.461. The number of benzene rings is 3. The number of hydrogen-bond donors (Lipinski definition) is 1. The third-order valence-corrected chi connectivity index (χ3v) is 4.58. The van der Waals surface area contributed by atoms with Crippen molar-refractivity contribution in [3.63, 3.8) is 0 Å². The third kappa shape index (κ3) is 7.08. The zero-order valence-corrected chi connectivity index (χ0v) is 17.4. The van der Waals surface area contributed by atoms with Gasteiger partial charge in [-0.1, -0.05) is 54.6 Å². The molecule has 1 N–H and O–H groups in total. The maximum atomic E-state index is 13.6. The van der Waals surface area contributed by atoms with Gasteiger partial charge in [-0.2, -0.15) is 0 Å². The van der Waals surface area contributed by atoms with Crippen LogP contribution in [-0.4, -0.2) is 20.3 Å². The number of ether oxygens (including phenoxy) is 2. The van der Waals surface area contributed by atoms with E-state index < -0.39 is 0 Å². The van der Waals surface area contributed by atoms with Crippen LogP contribution >= 0.6 is 12.4 Å². The van der Waals surface area contributed by atoms with Crippen LogP contribution in [0.15, 0.2) is 72.8 Å². The summed E-state index contributed by atoms with van der Waals surface area (Å²) in [4.78, 5) is 0. The Morgan fingerprint density at radius 3 is 2.34 bits per heavy atom. The van der Waals surface area contributed by atoms with Crippen LogP contribution in [-0.2, 0) is 19.4 Å². The van der Waals surface area contributed by atoms with Gasteiger partial charge < -0.3 is 14.8 Å². The summed E-state index contributed by atoms with van der Waals surface area (Å²) in [5.41, 5.74) is 3.08. The number of nitrogens with one attached hydrogen (secondary N) is 1. The Morgan fingerprint density at radius 2 is 1.59 bits per heavy atom. The van der Waals surface area contributed by atoms with Crippen molar-refractivity contribution < 1.29 is 13.9 Å². The molecule has 29 heavy (non-hydrogen) atoms. The van der Waals surface area contributed by atoms with Crippen molar-refractivity contribution in [1.29, 1.82) is 0 Å². The second-order valence-electron chi connectivity index (χ2n) is 6.59. The molecule has 154 valence electrons. The lowest BCUT2D eigenvalue weighted by Crippen LogP contribution is -2.17. The first kappa shape index (κ1) is 22.7. The standard InChI is InChI=1S/C24H26FNO2.ClH/c1-27-24-17-20(18-26-15-13-21-9-5-6-10-22(21)25)11-12-23(24)28-16-14-19-7-3-2-4-8-19;/h2-12,17,26H,13-16,18H2,1H3;1H. The molecule has 0 aliphatic carbocycles. The summed E-state index contributed by atoms with van der Waals surface area (Å²) in [5, 5.41) is 3.35. The maximum Gasteiger partial charge on any atom is 0.161 e. The van der Waals surface area contributed by atoms with Gasteiger partial charge in [0.1, 0.15) is 5.82 Å². The van der Waals surface area contributed by atoms with E-state index in [2.05, 4.69) is 17.4 Å². The molecule has 3 nitrogen and oxygen atoms in total. The van der Waals surface area contributed by atoms with E-state index in [1.54, 1.807) is 13.2 Å². The minimum atomic E-state index is -0.150. The van der Waals surface area contributed by atoms with Crippen LogP contribution in [0.5, 0.6) is 11.5 Å². The molecule has 0 unspecified atom stereocenters. The van der Waals surface area contributed by atoms with E-state index in [4.69, 9.17) is 9.47 Å². The van der Waals surface area contributed by atoms with E-state index in [0.717, 1.165) is 29.0 Å². The van der Waals surface area contributed by atoms with E-state index >= 15 is 0 Å². The zero-order valence-electron chi connectivity index (χ0n) is 16.6. The Balaban J connectivity index is 0.00000300. The van der Waals surface area contributed by atoms with Crippen LogP contribution in [0.3, 0.4) is 0 Å². The predicted octanol–water partition coefficient (Wildman–Crippen LogP) is 5.21. The number of methoxy groups -OCH3 is 1. The Morgan fingerprint density at radius 1 is 0.828 bits per heavy atom. The lowest BCUT2D eigenvalue weighted by atomic mass is 10.1. The van der Waals surface area contributed by atoms with Crippen molar-refractivity contribution in [2.24, 2.45) is 0 Å². The second kappa shape index (κ2) is 12.1. The largest absolute Gasteiger partial charge is 0.493 e. The highest BCUT2D eigenvalue weighted by atomic mass is 35.5. The average molecular weight is 416 g/mol. The molecule has 5 heteroatoms. The first-order chi connectivity index (χ1) is 13.8. The molecule has 0 saturated carbocycles. The molecule has 0 aliphatic heterocycles. The average Bonchev–Trinajstić information content (AvgIpc) is 2.74. The highest BCUT2D eigenvalue weighted by Gasteiger charge is 2.06. The molecule has 0 bridgehead atoms. The van der Waals surface area contributed by atoms with Crippen molar-refractivity contribution in [2.45, 2.75) is 19.4 Å². The van der Waals surface area contributed by atoms with Gasteiger partial charge in [-0.3, -0.25) is 0 Å². The van der Waals surface area contributed by atoms with Crippen LogP contribution in [0.4, 0.5) is 4.39 Å². The highest BCUT2D eigenvalue weighted by Crippen LogP contribution is 2.28. The summed E-state index contributed by atoms with van der Waals surface area (Å²) in [6, 6.07) is 23.1. The van der Waals surface area contributed by atoms with Crippen LogP contribution in [0, 0.1) is 5.82 Å². The molecular formula is C24H27ClFNO2. The van der Waals surface area contributed by atoms with E-state index in [-0.39, 0.29) is 18.2 Å². The second-order valence-corrected chi connectivity index (χ2v) is 6.59. The van der Waals surface area contributed by atoms with Gasteiger partial charge in [-0.05, 0) is 47.9 Å². The summed E-state index contributed by atoms with van der Waals surface area (Å²) in [6.45, 7) is 1.99. The number of hydrogen-bond acceptors (Lipinski definition) is 3. The van der Waals surface area contributed by atoms with Gasteiger partial charge in [0.15, 0.2) is 11.5 Å². The molecule has 0 atom stereocenters. The molecule has 0 radical (unpaired) electrons. The topological polar surface area (TPSA) is 30.5 Å². The highest BCUT2D eigenvalue weighted by molar-refractivity contribution is 5.85.